The van der Waals surface area contributed by atoms with E-state index in [1.807, 2.05) is 28.8 Å². The predicted molar refractivity (Wildman–Crippen MR) is 116 cm³/mol. The van der Waals surface area contributed by atoms with E-state index in [2.05, 4.69) is 39.7 Å². The van der Waals surface area contributed by atoms with Crippen molar-refractivity contribution in [2.75, 3.05) is 33.4 Å². The van der Waals surface area contributed by atoms with Crippen LogP contribution in [0.1, 0.15) is 32.5 Å². The number of halogens is 1. The molecule has 8 heteroatoms. The second-order valence-electron chi connectivity index (χ2n) is 6.37. The van der Waals surface area contributed by atoms with Crippen LogP contribution in [-0.4, -0.2) is 53.9 Å². The van der Waals surface area contributed by atoms with E-state index in [1.54, 1.807) is 7.05 Å². The average molecular weight is 474 g/mol. The van der Waals surface area contributed by atoms with Gasteiger partial charge in [0.2, 0.25) is 0 Å². The molecule has 0 radical (unpaired) electrons. The molecule has 0 saturated carbocycles. The minimum Gasteiger partial charge on any atom is -0.380 e. The van der Waals surface area contributed by atoms with Crippen LogP contribution in [0, 0.1) is 5.92 Å². The van der Waals surface area contributed by atoms with Crippen LogP contribution in [0.2, 0.25) is 0 Å². The maximum absolute atomic E-state index is 5.59. The topological polar surface area (TPSA) is 75.8 Å². The van der Waals surface area contributed by atoms with Crippen LogP contribution in [0.25, 0.3) is 5.65 Å². The van der Waals surface area contributed by atoms with Crippen LogP contribution < -0.4 is 10.6 Å². The van der Waals surface area contributed by atoms with Gasteiger partial charge in [0.15, 0.2) is 11.6 Å². The van der Waals surface area contributed by atoms with Crippen molar-refractivity contribution in [3.05, 3.63) is 30.2 Å². The summed E-state index contributed by atoms with van der Waals surface area (Å²) >= 11 is 0. The summed E-state index contributed by atoms with van der Waals surface area (Å²) in [5.41, 5.74) is 0.889. The first-order valence-corrected chi connectivity index (χ1v) is 9.01. The Morgan fingerprint density at radius 2 is 2.00 bits per heavy atom. The highest BCUT2D eigenvalue weighted by Gasteiger charge is 2.04. The number of rotatable bonds is 10. The van der Waals surface area contributed by atoms with Crippen LogP contribution in [0.5, 0.6) is 0 Å². The van der Waals surface area contributed by atoms with Gasteiger partial charge in [-0.15, -0.1) is 34.2 Å². The number of ether oxygens (including phenoxy) is 1. The van der Waals surface area contributed by atoms with Crippen LogP contribution >= 0.6 is 24.0 Å². The van der Waals surface area contributed by atoms with Crippen molar-refractivity contribution in [2.24, 2.45) is 10.9 Å². The van der Waals surface area contributed by atoms with E-state index in [1.165, 1.54) is 0 Å². The standard InChI is InChI=1S/C18H30N6O.HI/c1-15(2)9-13-25-14-11-21-18(19-3)20-10-6-8-17-23-22-16-7-4-5-12-24(16)17;/h4-5,7,12,15H,6,8-11,13-14H2,1-3H3,(H2,19,20,21);1H. The lowest BCUT2D eigenvalue weighted by molar-refractivity contribution is 0.128. The molecule has 26 heavy (non-hydrogen) atoms. The minimum absolute atomic E-state index is 0. The molecule has 0 spiro atoms. The Hall–Kier alpha value is -1.42. The molecule has 7 nitrogen and oxygen atoms in total. The van der Waals surface area contributed by atoms with E-state index in [4.69, 9.17) is 4.74 Å². The Balaban J connectivity index is 0.00000338. The first-order valence-electron chi connectivity index (χ1n) is 9.01. The molecule has 0 fully saturated rings. The van der Waals surface area contributed by atoms with Crippen LogP contribution in [0.4, 0.5) is 0 Å². The number of guanidine groups is 1. The van der Waals surface area contributed by atoms with Gasteiger partial charge in [0.25, 0.3) is 0 Å². The minimum atomic E-state index is 0. The Morgan fingerprint density at radius 3 is 2.77 bits per heavy atom. The molecule has 2 N–H and O–H groups in total. The Bertz CT molecular complexity index is 658. The lowest BCUT2D eigenvalue weighted by atomic mass is 10.1. The van der Waals surface area contributed by atoms with Gasteiger partial charge in [-0.05, 0) is 30.9 Å². The molecule has 0 amide bonds. The molecule has 2 aromatic heterocycles. The quantitative estimate of drug-likeness (QED) is 0.240. The zero-order valence-electron chi connectivity index (χ0n) is 15.9. The largest absolute Gasteiger partial charge is 0.380 e. The normalized spacial score (nSPS) is 11.6. The fourth-order valence-corrected chi connectivity index (χ4v) is 2.40. The van der Waals surface area contributed by atoms with Crippen molar-refractivity contribution >= 4 is 35.6 Å². The number of aromatic nitrogens is 3. The molecule has 2 rings (SSSR count). The van der Waals surface area contributed by atoms with Crippen molar-refractivity contribution in [1.29, 1.82) is 0 Å². The van der Waals surface area contributed by atoms with Crippen molar-refractivity contribution in [3.8, 4) is 0 Å². The molecule has 0 aliphatic heterocycles. The van der Waals surface area contributed by atoms with Crippen molar-refractivity contribution < 1.29 is 4.74 Å². The highest BCUT2D eigenvalue weighted by molar-refractivity contribution is 14.0. The maximum Gasteiger partial charge on any atom is 0.191 e. The van der Waals surface area contributed by atoms with Gasteiger partial charge in [-0.25, -0.2) is 0 Å². The zero-order chi connectivity index (χ0) is 17.9. The van der Waals surface area contributed by atoms with Gasteiger partial charge >= 0.3 is 0 Å². The summed E-state index contributed by atoms with van der Waals surface area (Å²) in [5.74, 6) is 2.47. The van der Waals surface area contributed by atoms with E-state index in [0.29, 0.717) is 12.5 Å². The molecule has 0 aromatic carbocycles. The van der Waals surface area contributed by atoms with E-state index in [9.17, 15) is 0 Å². The molecule has 0 aliphatic carbocycles. The third kappa shape index (κ3) is 7.86. The van der Waals surface area contributed by atoms with Crippen molar-refractivity contribution in [3.63, 3.8) is 0 Å². The molecule has 0 aliphatic rings. The maximum atomic E-state index is 5.59. The first-order chi connectivity index (χ1) is 12.2. The molecular formula is C18H31IN6O. The number of pyridine rings is 1. The fraction of sp³-hybridized carbons (Fsp3) is 0.611. The molecular weight excluding hydrogens is 443 g/mol. The van der Waals surface area contributed by atoms with Gasteiger partial charge < -0.3 is 15.4 Å². The van der Waals surface area contributed by atoms with Crippen LogP contribution in [-0.2, 0) is 11.2 Å². The van der Waals surface area contributed by atoms with Crippen LogP contribution in [0.15, 0.2) is 29.4 Å². The number of hydrogen-bond donors (Lipinski definition) is 2. The van der Waals surface area contributed by atoms with Crippen molar-refractivity contribution in [1.82, 2.24) is 25.2 Å². The first kappa shape index (κ1) is 22.6. The summed E-state index contributed by atoms with van der Waals surface area (Å²) in [5, 5.41) is 15.0. The molecule has 146 valence electrons. The molecule has 0 atom stereocenters. The number of aliphatic imine (C=N–C) groups is 1. The van der Waals surface area contributed by atoms with E-state index in [-0.39, 0.29) is 24.0 Å². The van der Waals surface area contributed by atoms with Crippen molar-refractivity contribution in [2.45, 2.75) is 33.1 Å². The predicted octanol–water partition coefficient (Wildman–Crippen LogP) is 2.51. The smallest absolute Gasteiger partial charge is 0.191 e. The highest BCUT2D eigenvalue weighted by atomic mass is 127. The Morgan fingerprint density at radius 1 is 1.19 bits per heavy atom. The summed E-state index contributed by atoms with van der Waals surface area (Å²) in [7, 11) is 1.78. The van der Waals surface area contributed by atoms with E-state index < -0.39 is 0 Å². The van der Waals surface area contributed by atoms with Gasteiger partial charge in [-0.3, -0.25) is 9.39 Å². The summed E-state index contributed by atoms with van der Waals surface area (Å²) in [4.78, 5) is 4.22. The molecule has 0 bridgehead atoms. The number of nitrogens with one attached hydrogen (secondary N) is 2. The lowest BCUT2D eigenvalue weighted by Crippen LogP contribution is -2.39. The third-order valence-electron chi connectivity index (χ3n) is 3.86. The fourth-order valence-electron chi connectivity index (χ4n) is 2.40. The van der Waals surface area contributed by atoms with E-state index in [0.717, 1.165) is 56.4 Å². The second-order valence-corrected chi connectivity index (χ2v) is 6.37. The van der Waals surface area contributed by atoms with Gasteiger partial charge in [-0.2, -0.15) is 0 Å². The molecule has 0 unspecified atom stereocenters. The Kier molecular flexibility index (Phi) is 11.2. The van der Waals surface area contributed by atoms with Gasteiger partial charge in [-0.1, -0.05) is 19.9 Å². The Labute approximate surface area is 173 Å². The van der Waals surface area contributed by atoms with Gasteiger partial charge in [0.05, 0.1) is 6.61 Å². The molecule has 2 aromatic rings. The third-order valence-corrected chi connectivity index (χ3v) is 3.86. The van der Waals surface area contributed by atoms with Crippen LogP contribution in [0.3, 0.4) is 0 Å². The molecule has 0 saturated heterocycles. The lowest BCUT2D eigenvalue weighted by Gasteiger charge is -2.12. The van der Waals surface area contributed by atoms with E-state index >= 15 is 0 Å². The summed E-state index contributed by atoms with van der Waals surface area (Å²) in [6, 6.07) is 5.93. The number of nitrogens with zero attached hydrogens (tertiary/aromatic N) is 4. The monoisotopic (exact) mass is 474 g/mol. The average Bonchev–Trinajstić information content (AvgIpc) is 3.02. The SMILES string of the molecule is CN=C(NCCCc1nnc2ccccn12)NCCOCCC(C)C.I. The summed E-state index contributed by atoms with van der Waals surface area (Å²) in [6.45, 7) is 7.50. The second kappa shape index (κ2) is 12.9. The number of hydrogen-bond acceptors (Lipinski definition) is 4. The molecule has 2 heterocycles. The number of fused-ring (bicyclic) bond motifs is 1. The van der Waals surface area contributed by atoms with Gasteiger partial charge in [0, 0.05) is 39.4 Å². The number of aryl methyl sites for hydroxylation is 1. The summed E-state index contributed by atoms with van der Waals surface area (Å²) < 4.78 is 7.62. The van der Waals surface area contributed by atoms with Gasteiger partial charge in [0.1, 0.15) is 5.82 Å². The zero-order valence-corrected chi connectivity index (χ0v) is 18.3. The summed E-state index contributed by atoms with van der Waals surface area (Å²) in [6.07, 6.45) is 4.93. The highest BCUT2D eigenvalue weighted by Crippen LogP contribution is 2.04.